The summed E-state index contributed by atoms with van der Waals surface area (Å²) in [6, 6.07) is 12.8. The molecule has 2 aromatic carbocycles. The molecule has 0 bridgehead atoms. The number of hydrogen-bond donors (Lipinski definition) is 7. The first-order chi connectivity index (χ1) is 37.6. The van der Waals surface area contributed by atoms with Gasteiger partial charge in [0.25, 0.3) is 17.4 Å². The lowest BCUT2D eigenvalue weighted by molar-refractivity contribution is -0.172. The van der Waals surface area contributed by atoms with Crippen LogP contribution in [0.25, 0.3) is 22.3 Å². The summed E-state index contributed by atoms with van der Waals surface area (Å²) in [6.45, 7) is 0.458. The van der Waals surface area contributed by atoms with E-state index in [2.05, 4.69) is 31.9 Å². The van der Waals surface area contributed by atoms with Crippen LogP contribution >= 0.6 is 0 Å². The van der Waals surface area contributed by atoms with Crippen molar-refractivity contribution < 1.29 is 67.2 Å². The first kappa shape index (κ1) is 54.3. The predicted molar refractivity (Wildman–Crippen MR) is 273 cm³/mol. The van der Waals surface area contributed by atoms with Crippen molar-refractivity contribution >= 4 is 64.1 Å². The van der Waals surface area contributed by atoms with E-state index in [4.69, 9.17) is 23.9 Å². The average molecular weight is 1070 g/mol. The minimum atomic E-state index is -2.03. The van der Waals surface area contributed by atoms with E-state index in [-0.39, 0.29) is 81.1 Å². The number of carbonyl (C=O) groups is 9. The molecule has 0 radical (unpaired) electrons. The summed E-state index contributed by atoms with van der Waals surface area (Å²) in [5.74, 6) is -4.33. The van der Waals surface area contributed by atoms with Crippen molar-refractivity contribution in [3.63, 3.8) is 0 Å². The lowest BCUT2D eigenvalue weighted by atomic mass is 9.86. The number of benzene rings is 2. The number of aliphatic hydroxyl groups is 1. The lowest BCUT2D eigenvalue weighted by Gasteiger charge is -2.31. The molecule has 0 spiro atoms. The topological polar surface area (TPSA) is 321 Å². The van der Waals surface area contributed by atoms with Gasteiger partial charge in [0.05, 0.1) is 48.6 Å². The Morgan fingerprint density at radius 3 is 2.21 bits per heavy atom. The molecule has 6 heterocycles. The van der Waals surface area contributed by atoms with Gasteiger partial charge in [0, 0.05) is 60.7 Å². The third kappa shape index (κ3) is 12.2. The van der Waals surface area contributed by atoms with Crippen molar-refractivity contribution in [2.45, 2.75) is 95.7 Å². The smallest absolute Gasteiger partial charge is 0.343 e. The van der Waals surface area contributed by atoms with Gasteiger partial charge in [0.2, 0.25) is 35.4 Å². The van der Waals surface area contributed by atoms with Crippen molar-refractivity contribution in [3.05, 3.63) is 98.9 Å². The van der Waals surface area contributed by atoms with Crippen LogP contribution in [0.15, 0.2) is 65.5 Å². The highest BCUT2D eigenvalue weighted by Gasteiger charge is 2.46. The summed E-state index contributed by atoms with van der Waals surface area (Å²) in [4.78, 5) is 135. The number of cyclic esters (lactones) is 1. The van der Waals surface area contributed by atoms with Gasteiger partial charge in [0.1, 0.15) is 38.7 Å². The molecule has 1 saturated carbocycles. The summed E-state index contributed by atoms with van der Waals surface area (Å²) in [5, 5.41) is 27.6. The van der Waals surface area contributed by atoms with Gasteiger partial charge in [-0.05, 0) is 61.3 Å². The van der Waals surface area contributed by atoms with Gasteiger partial charge in [0.15, 0.2) is 17.1 Å². The fourth-order valence-corrected chi connectivity index (χ4v) is 9.76. The van der Waals surface area contributed by atoms with Crippen LogP contribution in [0.5, 0.6) is 11.5 Å². The maximum atomic E-state index is 14.0. The number of unbranched alkanes of at least 4 members (excludes halogenated alkanes) is 2. The van der Waals surface area contributed by atoms with Gasteiger partial charge >= 0.3 is 5.97 Å². The van der Waals surface area contributed by atoms with Crippen molar-refractivity contribution in [2.24, 2.45) is 5.92 Å². The first-order valence-corrected chi connectivity index (χ1v) is 25.9. The van der Waals surface area contributed by atoms with E-state index in [0.29, 0.717) is 95.8 Å². The Morgan fingerprint density at radius 2 is 1.47 bits per heavy atom. The molecule has 0 saturated heterocycles. The SMILES string of the molecule is CC[C@@]1(O)C(=O)OCc2c1cc1n(c2=O)Cc2c-1nc1cc3c(cc1c2CNC(=O)C(OCNC(=O)CNC(=O)[C@H](Cc1ccccc1)NC(=O)CNC(=O)CNC(=O)CCCCCN1C(=O)C=CC1=O)C1CC1)OCCO3. The van der Waals surface area contributed by atoms with Crippen molar-refractivity contribution in [2.75, 3.05) is 46.1 Å². The molecule has 8 amide bonds. The Kier molecular flexibility index (Phi) is 16.6. The molecule has 7 N–H and O–H groups in total. The van der Waals surface area contributed by atoms with Crippen LogP contribution in [0, 0.1) is 5.92 Å². The molecule has 24 nitrogen and oxygen atoms in total. The van der Waals surface area contributed by atoms with E-state index in [1.54, 1.807) is 55.5 Å². The fraction of sp³-hybridized carbons (Fsp3) is 0.426. The second kappa shape index (κ2) is 23.8. The van der Waals surface area contributed by atoms with E-state index in [1.165, 1.54) is 16.7 Å². The van der Waals surface area contributed by atoms with Gasteiger partial charge in [-0.1, -0.05) is 43.7 Å². The highest BCUT2D eigenvalue weighted by Crippen LogP contribution is 2.43. The minimum Gasteiger partial charge on any atom is -0.486 e. The van der Waals surface area contributed by atoms with Gasteiger partial charge in [-0.25, -0.2) is 9.78 Å². The largest absolute Gasteiger partial charge is 0.486 e. The standard InChI is InChI=1S/C54H59N9O15/c1-2-54(74)36-21-39-48-34(27-63(39)52(72)35(36)28-77-53(54)73)33(32-20-40-41(22-37(32)61-48)76-18-17-75-40)23-57-51(71)49(31-12-13-31)78-29-59-44(66)25-58-50(70)38(19-30-9-5-3-6-10-30)60-45(67)26-56-43(65)24-55-42(64)11-7-4-8-16-62-46(68)14-15-47(62)69/h3,5-6,9-10,14-15,20-22,31,38,49,74H,2,4,7-8,11-13,16-19,23-29H2,1H3,(H,55,64)(H,56,65)(H,57,71)(H,58,70)(H,59,66)(H,60,67)/t38-,49?,54-/m0/s1. The van der Waals surface area contributed by atoms with Crippen molar-refractivity contribution in [1.29, 1.82) is 0 Å². The third-order valence-electron chi connectivity index (χ3n) is 14.2. The van der Waals surface area contributed by atoms with Crippen LogP contribution in [0.3, 0.4) is 0 Å². The fourth-order valence-electron chi connectivity index (χ4n) is 9.76. The van der Waals surface area contributed by atoms with Crippen molar-refractivity contribution in [1.82, 2.24) is 46.4 Å². The number of rotatable bonds is 24. The summed E-state index contributed by atoms with van der Waals surface area (Å²) >= 11 is 0. The van der Waals surface area contributed by atoms with Crippen LogP contribution in [0.1, 0.15) is 79.7 Å². The monoisotopic (exact) mass is 1070 g/mol. The van der Waals surface area contributed by atoms with Crippen LogP contribution in [0.2, 0.25) is 0 Å². The Bertz CT molecular complexity index is 3160. The molecule has 5 aliphatic rings. The number of ether oxygens (including phenoxy) is 4. The van der Waals surface area contributed by atoms with Crippen LogP contribution < -0.4 is 46.9 Å². The van der Waals surface area contributed by atoms with Crippen LogP contribution in [-0.4, -0.2) is 131 Å². The number of carbonyl (C=O) groups excluding carboxylic acids is 9. The van der Waals surface area contributed by atoms with Crippen molar-refractivity contribution in [3.8, 4) is 22.9 Å². The number of nitrogens with one attached hydrogen (secondary N) is 6. The molecular formula is C54H59N9O15. The molecule has 24 heteroatoms. The Labute approximate surface area is 445 Å². The van der Waals surface area contributed by atoms with E-state index in [0.717, 1.165) is 4.90 Å². The molecule has 1 aliphatic carbocycles. The maximum absolute atomic E-state index is 14.0. The second-order valence-corrected chi connectivity index (χ2v) is 19.5. The number of imide groups is 1. The van der Waals surface area contributed by atoms with Crippen LogP contribution in [0.4, 0.5) is 0 Å². The lowest BCUT2D eigenvalue weighted by Crippen LogP contribution is -2.52. The Balaban J connectivity index is 0.767. The van der Waals surface area contributed by atoms with Gasteiger partial charge in [-0.3, -0.25) is 48.1 Å². The third-order valence-corrected chi connectivity index (χ3v) is 14.2. The van der Waals surface area contributed by atoms with Gasteiger partial charge < -0.3 is 60.5 Å². The molecule has 3 atom stereocenters. The molecule has 1 unspecified atom stereocenters. The molecular weight excluding hydrogens is 1010 g/mol. The predicted octanol–water partition coefficient (Wildman–Crippen LogP) is -0.103. The van der Waals surface area contributed by atoms with Crippen LogP contribution in [-0.2, 0) is 84.3 Å². The summed E-state index contributed by atoms with van der Waals surface area (Å²) in [7, 11) is 0. The zero-order valence-corrected chi connectivity index (χ0v) is 42.7. The quantitative estimate of drug-likeness (QED) is 0.0184. The van der Waals surface area contributed by atoms with E-state index >= 15 is 0 Å². The van der Waals surface area contributed by atoms with Gasteiger partial charge in [-0.15, -0.1) is 0 Å². The zero-order valence-electron chi connectivity index (χ0n) is 42.7. The minimum absolute atomic E-state index is 0.0268. The molecule has 9 rings (SSSR count). The number of nitrogens with zero attached hydrogens (tertiary/aromatic N) is 3. The summed E-state index contributed by atoms with van der Waals surface area (Å²) in [5.41, 5.74) is 1.13. The normalized spacial score (nSPS) is 17.5. The molecule has 4 aromatic rings. The number of hydrogen-bond acceptors (Lipinski definition) is 16. The van der Waals surface area contributed by atoms with E-state index in [9.17, 15) is 53.1 Å². The van der Waals surface area contributed by atoms with Gasteiger partial charge in [-0.2, -0.15) is 0 Å². The molecule has 78 heavy (non-hydrogen) atoms. The Morgan fingerprint density at radius 1 is 0.782 bits per heavy atom. The van der Waals surface area contributed by atoms with E-state index < -0.39 is 84.4 Å². The van der Waals surface area contributed by atoms with E-state index in [1.807, 2.05) is 0 Å². The maximum Gasteiger partial charge on any atom is 0.343 e. The summed E-state index contributed by atoms with van der Waals surface area (Å²) < 4.78 is 24.5. The molecule has 410 valence electrons. The highest BCUT2D eigenvalue weighted by molar-refractivity contribution is 6.12. The Hall–Kier alpha value is -8.51. The number of amides is 8. The highest BCUT2D eigenvalue weighted by atomic mass is 16.6. The number of pyridine rings is 2. The second-order valence-electron chi connectivity index (χ2n) is 19.5. The zero-order chi connectivity index (χ0) is 55.1. The molecule has 4 aliphatic heterocycles. The average Bonchev–Trinajstić information content (AvgIpc) is 4.34. The number of esters is 1. The number of aromatic nitrogens is 2. The summed E-state index contributed by atoms with van der Waals surface area (Å²) in [6.07, 6.45) is 4.54. The molecule has 1 fully saturated rings. The first-order valence-electron chi connectivity index (χ1n) is 25.9. The number of fused-ring (bicyclic) bond motifs is 6. The molecule has 2 aromatic heterocycles.